The Morgan fingerprint density at radius 3 is 2.77 bits per heavy atom. The van der Waals surface area contributed by atoms with Crippen molar-refractivity contribution in [3.63, 3.8) is 0 Å². The number of carbonyl (C=O) groups is 2. The van der Waals surface area contributed by atoms with Crippen LogP contribution in [0.25, 0.3) is 5.65 Å². The number of hydrogen-bond donors (Lipinski definition) is 1. The molecule has 1 aliphatic rings. The molecule has 0 radical (unpaired) electrons. The smallest absolute Gasteiger partial charge is 0.280 e. The lowest BCUT2D eigenvalue weighted by Crippen LogP contribution is -2.34. The maximum absolute atomic E-state index is 13.1. The van der Waals surface area contributed by atoms with Gasteiger partial charge in [0.2, 0.25) is 5.91 Å². The van der Waals surface area contributed by atoms with Crippen LogP contribution in [-0.4, -0.2) is 41.9 Å². The van der Waals surface area contributed by atoms with Gasteiger partial charge in [0.15, 0.2) is 0 Å². The summed E-state index contributed by atoms with van der Waals surface area (Å²) in [5.41, 5.74) is 1.12. The highest BCUT2D eigenvalue weighted by atomic mass is 19.1. The molecule has 0 saturated heterocycles. The zero-order chi connectivity index (χ0) is 21.6. The van der Waals surface area contributed by atoms with Gasteiger partial charge in [0.25, 0.3) is 11.5 Å². The number of carbonyl (C=O) groups excluding carboxylic acids is 2. The van der Waals surface area contributed by atoms with E-state index in [1.807, 2.05) is 13.8 Å². The van der Waals surface area contributed by atoms with Crippen LogP contribution in [0.4, 0.5) is 10.2 Å². The molecule has 9 nitrogen and oxygen atoms in total. The lowest BCUT2D eigenvalue weighted by atomic mass is 10.2. The molecular weight excluding hydrogens is 391 g/mol. The van der Waals surface area contributed by atoms with E-state index in [1.54, 1.807) is 17.9 Å². The minimum atomic E-state index is -0.515. The minimum Gasteiger partial charge on any atom is -0.330 e. The molecule has 3 aromatic rings. The Labute approximate surface area is 171 Å². The van der Waals surface area contributed by atoms with Crippen molar-refractivity contribution >= 4 is 23.3 Å². The van der Waals surface area contributed by atoms with Crippen molar-refractivity contribution < 1.29 is 14.0 Å². The van der Waals surface area contributed by atoms with E-state index < -0.39 is 11.7 Å². The van der Waals surface area contributed by atoms with Crippen molar-refractivity contribution in [2.75, 3.05) is 5.32 Å². The van der Waals surface area contributed by atoms with Gasteiger partial charge in [-0.3, -0.25) is 14.4 Å². The summed E-state index contributed by atoms with van der Waals surface area (Å²) in [6, 6.07) is 4.14. The first-order valence-electron chi connectivity index (χ1n) is 9.64. The normalized spacial score (nSPS) is 14.3. The molecule has 156 valence electrons. The predicted molar refractivity (Wildman–Crippen MR) is 107 cm³/mol. The second-order valence-electron chi connectivity index (χ2n) is 7.37. The quantitative estimate of drug-likeness (QED) is 0.688. The summed E-state index contributed by atoms with van der Waals surface area (Å²) < 4.78 is 15.8. The van der Waals surface area contributed by atoms with Crippen molar-refractivity contribution in [3.05, 3.63) is 57.5 Å². The van der Waals surface area contributed by atoms with Crippen molar-refractivity contribution in [2.45, 2.75) is 46.3 Å². The zero-order valence-electron chi connectivity index (χ0n) is 16.8. The van der Waals surface area contributed by atoms with Gasteiger partial charge in [-0.15, -0.1) is 0 Å². The molecule has 0 bridgehead atoms. The SMILES string of the molecule is CC[C@H](C)N1Cc2c(n(CC(=O)Nc3ccc(F)cn3)c3cc(C)nn3c2=O)C1=O. The Hall–Kier alpha value is -3.56. The van der Waals surface area contributed by atoms with Gasteiger partial charge in [0, 0.05) is 12.1 Å². The second-order valence-corrected chi connectivity index (χ2v) is 7.37. The molecule has 0 spiro atoms. The molecule has 2 amide bonds. The number of aryl methyl sites for hydroxylation is 1. The lowest BCUT2D eigenvalue weighted by molar-refractivity contribution is -0.116. The number of rotatable bonds is 5. The van der Waals surface area contributed by atoms with E-state index in [-0.39, 0.29) is 42.1 Å². The van der Waals surface area contributed by atoms with Gasteiger partial charge in [-0.05, 0) is 32.4 Å². The monoisotopic (exact) mass is 412 g/mol. The number of pyridine rings is 1. The van der Waals surface area contributed by atoms with Crippen molar-refractivity contribution in [1.29, 1.82) is 0 Å². The van der Waals surface area contributed by atoms with E-state index in [9.17, 15) is 18.8 Å². The molecule has 30 heavy (non-hydrogen) atoms. The highest BCUT2D eigenvalue weighted by Crippen LogP contribution is 2.25. The van der Waals surface area contributed by atoms with Gasteiger partial charge >= 0.3 is 0 Å². The standard InChI is InChI=1S/C20H21FN6O3/c1-4-12(3)25-9-14-18(20(25)30)26(17-7-11(2)24-27(17)19(14)29)10-16(28)23-15-6-5-13(21)8-22-15/h5-8,12H,4,9-10H2,1-3H3,(H,22,23,28)/t12-/m0/s1. The maximum Gasteiger partial charge on any atom is 0.280 e. The number of nitrogens with one attached hydrogen (secondary N) is 1. The molecule has 0 unspecified atom stereocenters. The molecule has 0 aliphatic carbocycles. The first-order chi connectivity index (χ1) is 14.3. The number of anilines is 1. The largest absolute Gasteiger partial charge is 0.330 e. The maximum atomic E-state index is 13.1. The number of halogens is 1. The molecule has 0 saturated carbocycles. The van der Waals surface area contributed by atoms with Crippen LogP contribution in [-0.2, 0) is 17.9 Å². The average Bonchev–Trinajstić information content (AvgIpc) is 3.27. The number of hydrogen-bond acceptors (Lipinski definition) is 5. The highest BCUT2D eigenvalue weighted by Gasteiger charge is 2.36. The number of amides is 2. The molecular formula is C20H21FN6O3. The topological polar surface area (TPSA) is 102 Å². The van der Waals surface area contributed by atoms with Gasteiger partial charge in [-0.2, -0.15) is 9.61 Å². The van der Waals surface area contributed by atoms with E-state index in [1.165, 1.54) is 21.2 Å². The number of aromatic nitrogens is 4. The van der Waals surface area contributed by atoms with Gasteiger partial charge in [0.05, 0.1) is 24.0 Å². The Kier molecular flexibility index (Phi) is 4.84. The van der Waals surface area contributed by atoms with Crippen LogP contribution in [0.5, 0.6) is 0 Å². The van der Waals surface area contributed by atoms with Crippen molar-refractivity contribution in [1.82, 2.24) is 24.1 Å². The lowest BCUT2D eigenvalue weighted by Gasteiger charge is -2.22. The number of nitrogens with zero attached hydrogens (tertiary/aromatic N) is 5. The van der Waals surface area contributed by atoms with Gasteiger partial charge in [-0.1, -0.05) is 6.92 Å². The van der Waals surface area contributed by atoms with E-state index in [0.717, 1.165) is 12.6 Å². The molecule has 1 aliphatic heterocycles. The molecule has 0 fully saturated rings. The van der Waals surface area contributed by atoms with Crippen LogP contribution < -0.4 is 10.9 Å². The average molecular weight is 412 g/mol. The summed E-state index contributed by atoms with van der Waals surface area (Å²) in [6.07, 6.45) is 1.74. The Balaban J connectivity index is 1.77. The zero-order valence-corrected chi connectivity index (χ0v) is 16.8. The first-order valence-corrected chi connectivity index (χ1v) is 9.64. The minimum absolute atomic E-state index is 0.0518. The third-order valence-corrected chi connectivity index (χ3v) is 5.31. The van der Waals surface area contributed by atoms with Gasteiger partial charge in [0.1, 0.15) is 29.5 Å². The summed E-state index contributed by atoms with van der Waals surface area (Å²) in [5.74, 6) is -1.08. The van der Waals surface area contributed by atoms with E-state index in [4.69, 9.17) is 0 Å². The molecule has 4 heterocycles. The van der Waals surface area contributed by atoms with Crippen LogP contribution >= 0.6 is 0 Å². The first kappa shape index (κ1) is 19.7. The predicted octanol–water partition coefficient (Wildman–Crippen LogP) is 1.73. The van der Waals surface area contributed by atoms with E-state index >= 15 is 0 Å². The molecule has 3 aromatic heterocycles. The molecule has 1 atom stereocenters. The fourth-order valence-corrected chi connectivity index (χ4v) is 3.61. The summed E-state index contributed by atoms with van der Waals surface area (Å²) in [4.78, 5) is 44.2. The summed E-state index contributed by atoms with van der Waals surface area (Å²) in [7, 11) is 0. The van der Waals surface area contributed by atoms with Crippen molar-refractivity contribution in [3.8, 4) is 0 Å². The van der Waals surface area contributed by atoms with E-state index in [0.29, 0.717) is 16.9 Å². The Morgan fingerprint density at radius 1 is 1.33 bits per heavy atom. The van der Waals surface area contributed by atoms with Gasteiger partial charge in [-0.25, -0.2) is 9.37 Å². The Bertz CT molecular complexity index is 1210. The van der Waals surface area contributed by atoms with Crippen LogP contribution in [0.15, 0.2) is 29.2 Å². The molecule has 4 rings (SSSR count). The van der Waals surface area contributed by atoms with E-state index in [2.05, 4.69) is 15.4 Å². The fourth-order valence-electron chi connectivity index (χ4n) is 3.61. The fraction of sp³-hybridized carbons (Fsp3) is 0.350. The Morgan fingerprint density at radius 2 is 2.10 bits per heavy atom. The van der Waals surface area contributed by atoms with Crippen LogP contribution in [0.3, 0.4) is 0 Å². The van der Waals surface area contributed by atoms with Crippen LogP contribution in [0.2, 0.25) is 0 Å². The summed E-state index contributed by atoms with van der Waals surface area (Å²) >= 11 is 0. The van der Waals surface area contributed by atoms with Crippen molar-refractivity contribution in [2.24, 2.45) is 0 Å². The van der Waals surface area contributed by atoms with Crippen LogP contribution in [0.1, 0.15) is 42.0 Å². The second kappa shape index (κ2) is 7.36. The summed E-state index contributed by atoms with van der Waals surface area (Å²) in [5, 5.41) is 6.82. The molecule has 0 aromatic carbocycles. The highest BCUT2D eigenvalue weighted by molar-refractivity contribution is 5.98. The molecule has 1 N–H and O–H groups in total. The van der Waals surface area contributed by atoms with Crippen LogP contribution in [0, 0.1) is 12.7 Å². The summed E-state index contributed by atoms with van der Waals surface area (Å²) in [6.45, 7) is 5.57. The number of fused-ring (bicyclic) bond motifs is 2. The van der Waals surface area contributed by atoms with Gasteiger partial charge < -0.3 is 14.8 Å². The third kappa shape index (κ3) is 3.23. The molecule has 10 heteroatoms. The third-order valence-electron chi connectivity index (χ3n) is 5.31.